The van der Waals surface area contributed by atoms with Crippen LogP contribution in [0.4, 0.5) is 0 Å². The van der Waals surface area contributed by atoms with Crippen molar-refractivity contribution in [3.8, 4) is 0 Å². The van der Waals surface area contributed by atoms with E-state index in [1.54, 1.807) is 0 Å². The van der Waals surface area contributed by atoms with Crippen molar-refractivity contribution >= 4 is 0 Å². The lowest BCUT2D eigenvalue weighted by atomic mass is 10.0. The van der Waals surface area contributed by atoms with Gasteiger partial charge >= 0.3 is 0 Å². The molecule has 0 N–H and O–H groups in total. The summed E-state index contributed by atoms with van der Waals surface area (Å²) < 4.78 is 0. The van der Waals surface area contributed by atoms with Gasteiger partial charge in [-0.1, -0.05) is 168 Å². The third-order valence-electron chi connectivity index (χ3n) is 8.57. The molecule has 220 valence electrons. The zero-order valence-electron chi connectivity index (χ0n) is 26.1. The molecule has 0 atom stereocenters. The Morgan fingerprint density at radius 3 is 0.946 bits per heavy atom. The normalized spacial score (nSPS) is 13.9. The minimum atomic E-state index is 0.642. The number of hydrogen-bond acceptors (Lipinski definition) is 2. The molecule has 0 radical (unpaired) electrons. The highest BCUT2D eigenvalue weighted by atomic mass is 15.4. The molecule has 0 unspecified atom stereocenters. The van der Waals surface area contributed by atoms with Crippen molar-refractivity contribution in [3.05, 3.63) is 12.4 Å². The van der Waals surface area contributed by atoms with E-state index in [0.29, 0.717) is 6.17 Å². The Hall–Kier alpha value is -0.660. The number of unbranched alkanes of at least 4 members (excludes halogenated alkanes) is 23. The molecule has 0 fully saturated rings. The van der Waals surface area contributed by atoms with Gasteiger partial charge in [-0.15, -0.1) is 0 Å². The number of hydrogen-bond donors (Lipinski definition) is 0. The van der Waals surface area contributed by atoms with Gasteiger partial charge in [0, 0.05) is 25.5 Å². The van der Waals surface area contributed by atoms with E-state index in [9.17, 15) is 0 Å². The molecule has 2 heteroatoms. The average molecular weight is 519 g/mol. The molecule has 0 aliphatic carbocycles. The molecular weight excluding hydrogens is 448 g/mol. The van der Waals surface area contributed by atoms with Gasteiger partial charge in [-0.05, 0) is 25.7 Å². The average Bonchev–Trinajstić information content (AvgIpc) is 3.29. The topological polar surface area (TPSA) is 6.48 Å². The summed E-state index contributed by atoms with van der Waals surface area (Å²) in [5.41, 5.74) is 0. The summed E-state index contributed by atoms with van der Waals surface area (Å²) in [6, 6.07) is 0. The molecule has 0 bridgehead atoms. The molecule has 0 aromatic rings. The van der Waals surface area contributed by atoms with Gasteiger partial charge in [-0.25, -0.2) is 0 Å². The van der Waals surface area contributed by atoms with Crippen LogP contribution in [-0.2, 0) is 0 Å². The third kappa shape index (κ3) is 20.0. The van der Waals surface area contributed by atoms with Crippen molar-refractivity contribution in [3.63, 3.8) is 0 Å². The zero-order chi connectivity index (χ0) is 26.7. The van der Waals surface area contributed by atoms with E-state index < -0.39 is 0 Å². The Balaban J connectivity index is 2.23. The summed E-state index contributed by atoms with van der Waals surface area (Å²) in [6.07, 6.45) is 44.0. The lowest BCUT2D eigenvalue weighted by molar-refractivity contribution is 0.135. The standard InChI is InChI=1S/C35H70N2/c1-4-7-10-13-16-17-18-19-20-21-24-27-30-35-36(31-28-25-22-14-11-8-5-2)33-34-37(35)32-29-26-23-15-12-9-6-3/h33-35H,4-32H2,1-3H3. The summed E-state index contributed by atoms with van der Waals surface area (Å²) in [5.74, 6) is 0. The summed E-state index contributed by atoms with van der Waals surface area (Å²) >= 11 is 0. The van der Waals surface area contributed by atoms with Gasteiger partial charge in [0.05, 0.1) is 0 Å². The van der Waals surface area contributed by atoms with Gasteiger partial charge < -0.3 is 9.80 Å². The first-order valence-electron chi connectivity index (χ1n) is 17.5. The van der Waals surface area contributed by atoms with E-state index in [1.165, 1.54) is 186 Å². The fourth-order valence-corrected chi connectivity index (χ4v) is 6.01. The number of rotatable bonds is 29. The molecule has 2 nitrogen and oxygen atoms in total. The van der Waals surface area contributed by atoms with E-state index in [-0.39, 0.29) is 0 Å². The van der Waals surface area contributed by atoms with Crippen LogP contribution in [0.3, 0.4) is 0 Å². The monoisotopic (exact) mass is 519 g/mol. The first kappa shape index (κ1) is 34.4. The maximum Gasteiger partial charge on any atom is 0.101 e. The van der Waals surface area contributed by atoms with E-state index in [2.05, 4.69) is 43.0 Å². The molecular formula is C35H70N2. The second-order valence-electron chi connectivity index (χ2n) is 12.2. The van der Waals surface area contributed by atoms with Crippen molar-refractivity contribution in [2.75, 3.05) is 13.1 Å². The molecule has 1 rings (SSSR count). The van der Waals surface area contributed by atoms with Crippen LogP contribution in [0, 0.1) is 0 Å². The van der Waals surface area contributed by atoms with Gasteiger partial charge in [-0.3, -0.25) is 0 Å². The molecule has 0 aromatic heterocycles. The highest BCUT2D eigenvalue weighted by Gasteiger charge is 2.24. The van der Waals surface area contributed by atoms with Crippen LogP contribution in [0.5, 0.6) is 0 Å². The second-order valence-corrected chi connectivity index (χ2v) is 12.2. The highest BCUT2D eigenvalue weighted by molar-refractivity contribution is 4.97. The predicted octanol–water partition coefficient (Wildman–Crippen LogP) is 12.0. The number of nitrogens with zero attached hydrogens (tertiary/aromatic N) is 2. The maximum atomic E-state index is 2.70. The van der Waals surface area contributed by atoms with Gasteiger partial charge in [0.1, 0.15) is 6.17 Å². The smallest absolute Gasteiger partial charge is 0.101 e. The van der Waals surface area contributed by atoms with Gasteiger partial charge in [0.25, 0.3) is 0 Å². The van der Waals surface area contributed by atoms with E-state index in [1.807, 2.05) is 0 Å². The van der Waals surface area contributed by atoms with Crippen molar-refractivity contribution in [2.45, 2.75) is 200 Å². The van der Waals surface area contributed by atoms with Crippen molar-refractivity contribution in [1.82, 2.24) is 9.80 Å². The minimum absolute atomic E-state index is 0.642. The lowest BCUT2D eigenvalue weighted by Gasteiger charge is -2.33. The zero-order valence-corrected chi connectivity index (χ0v) is 26.1. The SMILES string of the molecule is CCCCCCCCCCCCCCC1N(CCCCCCCCC)C=CN1CCCCCCCCC. The second kappa shape index (κ2) is 26.9. The van der Waals surface area contributed by atoms with Crippen LogP contribution in [0.25, 0.3) is 0 Å². The summed E-state index contributed by atoms with van der Waals surface area (Å²) in [6.45, 7) is 9.47. The van der Waals surface area contributed by atoms with Crippen LogP contribution >= 0.6 is 0 Å². The van der Waals surface area contributed by atoms with Crippen LogP contribution in [-0.4, -0.2) is 29.1 Å². The van der Waals surface area contributed by atoms with Gasteiger partial charge in [0.15, 0.2) is 0 Å². The third-order valence-corrected chi connectivity index (χ3v) is 8.57. The molecule has 0 aromatic carbocycles. The first-order chi connectivity index (χ1) is 18.3. The molecule has 0 spiro atoms. The summed E-state index contributed by atoms with van der Waals surface area (Å²) in [4.78, 5) is 5.40. The highest BCUT2D eigenvalue weighted by Crippen LogP contribution is 2.24. The Morgan fingerprint density at radius 2 is 0.622 bits per heavy atom. The van der Waals surface area contributed by atoms with E-state index >= 15 is 0 Å². The van der Waals surface area contributed by atoms with Crippen LogP contribution in [0.2, 0.25) is 0 Å². The Kier molecular flexibility index (Phi) is 25.0. The first-order valence-corrected chi connectivity index (χ1v) is 17.5. The molecule has 37 heavy (non-hydrogen) atoms. The molecule has 0 saturated heterocycles. The minimum Gasteiger partial charge on any atom is -0.356 e. The van der Waals surface area contributed by atoms with Crippen LogP contribution in [0.15, 0.2) is 12.4 Å². The largest absolute Gasteiger partial charge is 0.356 e. The van der Waals surface area contributed by atoms with Crippen molar-refractivity contribution < 1.29 is 0 Å². The fourth-order valence-electron chi connectivity index (χ4n) is 6.01. The van der Waals surface area contributed by atoms with Gasteiger partial charge in [0.2, 0.25) is 0 Å². The quantitative estimate of drug-likeness (QED) is 0.0908. The van der Waals surface area contributed by atoms with Crippen LogP contribution in [0.1, 0.15) is 194 Å². The predicted molar refractivity (Wildman–Crippen MR) is 168 cm³/mol. The van der Waals surface area contributed by atoms with Crippen molar-refractivity contribution in [2.24, 2.45) is 0 Å². The molecule has 1 heterocycles. The summed E-state index contributed by atoms with van der Waals surface area (Å²) in [7, 11) is 0. The fraction of sp³-hybridized carbons (Fsp3) is 0.943. The molecule has 0 amide bonds. The lowest BCUT2D eigenvalue weighted by Crippen LogP contribution is -2.39. The van der Waals surface area contributed by atoms with Crippen LogP contribution < -0.4 is 0 Å². The van der Waals surface area contributed by atoms with Gasteiger partial charge in [-0.2, -0.15) is 0 Å². The molecule has 0 saturated carbocycles. The Bertz CT molecular complexity index is 446. The Labute approximate surface area is 235 Å². The molecule has 1 aliphatic heterocycles. The summed E-state index contributed by atoms with van der Waals surface area (Å²) in [5, 5.41) is 0. The Morgan fingerprint density at radius 1 is 0.351 bits per heavy atom. The maximum absolute atomic E-state index is 2.70. The molecule has 1 aliphatic rings. The van der Waals surface area contributed by atoms with E-state index in [0.717, 1.165) is 0 Å². The van der Waals surface area contributed by atoms with E-state index in [4.69, 9.17) is 0 Å². The van der Waals surface area contributed by atoms with Crippen molar-refractivity contribution in [1.29, 1.82) is 0 Å².